The number of carbonyl (C=O) groups is 2. The maximum absolute atomic E-state index is 13.0. The van der Waals surface area contributed by atoms with Crippen LogP contribution in [0.5, 0.6) is 0 Å². The predicted molar refractivity (Wildman–Crippen MR) is 68.3 cm³/mol. The van der Waals surface area contributed by atoms with E-state index in [4.69, 9.17) is 10.8 Å². The van der Waals surface area contributed by atoms with Crippen molar-refractivity contribution in [1.29, 1.82) is 0 Å². The Morgan fingerprint density at radius 1 is 1.50 bits per heavy atom. The zero-order valence-electron chi connectivity index (χ0n) is 10.9. The molecule has 1 saturated heterocycles. The molecule has 0 aromatic heterocycles. The number of thioether (sulfide) groups is 1. The number of carbonyl (C=O) groups excluding carboxylic acids is 1. The normalized spacial score (nSPS) is 24.8. The number of halogens is 3. The highest BCUT2D eigenvalue weighted by Gasteiger charge is 2.64. The zero-order valence-corrected chi connectivity index (χ0v) is 11.8. The van der Waals surface area contributed by atoms with Gasteiger partial charge in [-0.25, -0.2) is 0 Å². The molecule has 0 aromatic carbocycles. The minimum Gasteiger partial charge on any atom is -0.481 e. The fourth-order valence-corrected chi connectivity index (χ4v) is 2.62. The van der Waals surface area contributed by atoms with Gasteiger partial charge in [-0.05, 0) is 24.9 Å². The van der Waals surface area contributed by atoms with Crippen molar-refractivity contribution in [2.75, 3.05) is 25.1 Å². The van der Waals surface area contributed by atoms with Crippen LogP contribution in [0, 0.1) is 5.41 Å². The van der Waals surface area contributed by atoms with Gasteiger partial charge in [-0.3, -0.25) is 9.59 Å². The highest BCUT2D eigenvalue weighted by atomic mass is 32.2. The molecule has 0 aliphatic carbocycles. The number of alkyl halides is 3. The van der Waals surface area contributed by atoms with E-state index in [1.54, 1.807) is 0 Å². The summed E-state index contributed by atoms with van der Waals surface area (Å²) in [6, 6.07) is -0.889. The first-order valence-corrected chi connectivity index (χ1v) is 7.38. The summed E-state index contributed by atoms with van der Waals surface area (Å²) in [7, 11) is 0. The molecule has 0 bridgehead atoms. The molecule has 0 aromatic rings. The van der Waals surface area contributed by atoms with Crippen molar-refractivity contribution >= 4 is 23.6 Å². The van der Waals surface area contributed by atoms with E-state index in [-0.39, 0.29) is 6.54 Å². The second kappa shape index (κ2) is 6.21. The molecule has 3 N–H and O–H groups in total. The summed E-state index contributed by atoms with van der Waals surface area (Å²) in [6.07, 6.45) is -3.35. The maximum atomic E-state index is 13.0. The van der Waals surface area contributed by atoms with Crippen LogP contribution < -0.4 is 5.73 Å². The molecule has 1 heterocycles. The zero-order chi connectivity index (χ0) is 15.6. The first-order valence-electron chi connectivity index (χ1n) is 5.99. The lowest BCUT2D eigenvalue weighted by atomic mass is 9.86. The van der Waals surface area contributed by atoms with Gasteiger partial charge < -0.3 is 15.7 Å². The Kier molecular flexibility index (Phi) is 5.31. The van der Waals surface area contributed by atoms with Gasteiger partial charge >= 0.3 is 12.1 Å². The van der Waals surface area contributed by atoms with Gasteiger partial charge in [0.25, 0.3) is 0 Å². The molecule has 1 amide bonds. The molecule has 1 aliphatic rings. The van der Waals surface area contributed by atoms with Gasteiger partial charge in [0.1, 0.15) is 0 Å². The number of carboxylic acids is 1. The largest absolute Gasteiger partial charge is 0.481 e. The molecular weight excluding hydrogens is 297 g/mol. The van der Waals surface area contributed by atoms with Crippen LogP contribution in [0.15, 0.2) is 0 Å². The number of nitrogens with zero attached hydrogens (tertiary/aromatic N) is 1. The van der Waals surface area contributed by atoms with Crippen LogP contribution in [0.25, 0.3) is 0 Å². The Morgan fingerprint density at radius 2 is 2.10 bits per heavy atom. The molecule has 1 rings (SSSR count). The Balaban J connectivity index is 2.79. The monoisotopic (exact) mass is 314 g/mol. The second-order valence-electron chi connectivity index (χ2n) is 4.78. The summed E-state index contributed by atoms with van der Waals surface area (Å²) in [4.78, 5) is 23.8. The van der Waals surface area contributed by atoms with Crippen LogP contribution in [0.1, 0.15) is 12.8 Å². The standard InChI is InChI=1S/C11H17F3N2O3S/c1-20-5-2-7(15)8(17)16-4-3-10(6-16,9(18)19)11(12,13)14/h7H,2-6,15H2,1H3,(H,18,19)/t7-,10?/m1/s1. The van der Waals surface area contributed by atoms with Gasteiger partial charge in [0.2, 0.25) is 5.91 Å². The number of likely N-dealkylation sites (tertiary alicyclic amines) is 1. The average molecular weight is 314 g/mol. The highest BCUT2D eigenvalue weighted by Crippen LogP contribution is 2.45. The van der Waals surface area contributed by atoms with E-state index in [9.17, 15) is 22.8 Å². The number of rotatable bonds is 5. The lowest BCUT2D eigenvalue weighted by molar-refractivity contribution is -0.227. The van der Waals surface area contributed by atoms with Crippen LogP contribution >= 0.6 is 11.8 Å². The third-order valence-corrected chi connectivity index (χ3v) is 4.13. The first-order chi connectivity index (χ1) is 9.15. The van der Waals surface area contributed by atoms with Gasteiger partial charge in [-0.2, -0.15) is 24.9 Å². The predicted octanol–water partition coefficient (Wildman–Crippen LogP) is 0.932. The molecule has 116 valence electrons. The summed E-state index contributed by atoms with van der Waals surface area (Å²) in [5.41, 5.74) is 2.75. The van der Waals surface area contributed by atoms with E-state index in [0.717, 1.165) is 4.90 Å². The van der Waals surface area contributed by atoms with E-state index >= 15 is 0 Å². The molecule has 1 unspecified atom stereocenters. The van der Waals surface area contributed by atoms with Crippen LogP contribution in [-0.4, -0.2) is 59.2 Å². The third kappa shape index (κ3) is 3.20. The average Bonchev–Trinajstić information content (AvgIpc) is 2.80. The smallest absolute Gasteiger partial charge is 0.406 e. The number of nitrogens with two attached hydrogens (primary N) is 1. The Labute approximate surface area is 118 Å². The summed E-state index contributed by atoms with van der Waals surface area (Å²) in [5.74, 6) is -1.95. The molecule has 20 heavy (non-hydrogen) atoms. The molecule has 1 fully saturated rings. The van der Waals surface area contributed by atoms with Gasteiger partial charge in [0.15, 0.2) is 5.41 Å². The van der Waals surface area contributed by atoms with Crippen LogP contribution in [0.4, 0.5) is 13.2 Å². The Morgan fingerprint density at radius 3 is 2.50 bits per heavy atom. The summed E-state index contributed by atoms with van der Waals surface area (Å²) in [5, 5.41) is 8.89. The molecule has 1 aliphatic heterocycles. The minimum absolute atomic E-state index is 0.238. The van der Waals surface area contributed by atoms with Gasteiger partial charge in [0, 0.05) is 13.1 Å². The Bertz CT molecular complexity index is 392. The quantitative estimate of drug-likeness (QED) is 0.789. The molecule has 0 spiro atoms. The molecule has 0 radical (unpaired) electrons. The van der Waals surface area contributed by atoms with Crippen LogP contribution in [0.3, 0.4) is 0 Å². The SMILES string of the molecule is CSCC[C@@H](N)C(=O)N1CCC(C(=O)O)(C(F)(F)F)C1. The Hall–Kier alpha value is -0.960. The number of hydrogen-bond acceptors (Lipinski definition) is 4. The van der Waals surface area contributed by atoms with Crippen molar-refractivity contribution in [3.8, 4) is 0 Å². The minimum atomic E-state index is -4.89. The van der Waals surface area contributed by atoms with E-state index in [1.807, 2.05) is 6.26 Å². The molecule has 5 nitrogen and oxygen atoms in total. The van der Waals surface area contributed by atoms with E-state index in [0.29, 0.717) is 12.2 Å². The number of hydrogen-bond donors (Lipinski definition) is 2. The van der Waals surface area contributed by atoms with Crippen LogP contribution in [0.2, 0.25) is 0 Å². The van der Waals surface area contributed by atoms with Crippen molar-refractivity contribution in [3.63, 3.8) is 0 Å². The summed E-state index contributed by atoms with van der Waals surface area (Å²) >= 11 is 1.47. The molecule has 9 heteroatoms. The summed E-state index contributed by atoms with van der Waals surface area (Å²) in [6.45, 7) is -1.10. The molecule has 2 atom stereocenters. The van der Waals surface area contributed by atoms with Crippen molar-refractivity contribution in [2.45, 2.75) is 25.1 Å². The van der Waals surface area contributed by atoms with Crippen molar-refractivity contribution in [2.24, 2.45) is 11.1 Å². The number of aliphatic carboxylic acids is 1. The molecule has 0 saturated carbocycles. The van der Waals surface area contributed by atoms with Crippen molar-refractivity contribution in [3.05, 3.63) is 0 Å². The highest BCUT2D eigenvalue weighted by molar-refractivity contribution is 7.98. The summed E-state index contributed by atoms with van der Waals surface area (Å²) < 4.78 is 38.9. The second-order valence-corrected chi connectivity index (χ2v) is 5.77. The van der Waals surface area contributed by atoms with Gasteiger partial charge in [0.05, 0.1) is 6.04 Å². The topological polar surface area (TPSA) is 83.6 Å². The number of amides is 1. The first kappa shape index (κ1) is 17.1. The van der Waals surface area contributed by atoms with E-state index in [2.05, 4.69) is 0 Å². The van der Waals surface area contributed by atoms with E-state index in [1.165, 1.54) is 11.8 Å². The fraction of sp³-hybridized carbons (Fsp3) is 0.818. The van der Waals surface area contributed by atoms with Crippen LogP contribution in [-0.2, 0) is 9.59 Å². The number of carboxylic acid groups (broad SMARTS) is 1. The van der Waals surface area contributed by atoms with Crippen molar-refractivity contribution < 1.29 is 27.9 Å². The van der Waals surface area contributed by atoms with E-state index < -0.39 is 42.5 Å². The third-order valence-electron chi connectivity index (χ3n) is 3.48. The lowest BCUT2D eigenvalue weighted by Gasteiger charge is -2.28. The lowest BCUT2D eigenvalue weighted by Crippen LogP contribution is -2.49. The van der Waals surface area contributed by atoms with Crippen molar-refractivity contribution in [1.82, 2.24) is 4.90 Å². The van der Waals surface area contributed by atoms with Gasteiger partial charge in [-0.15, -0.1) is 0 Å². The maximum Gasteiger partial charge on any atom is 0.406 e. The van der Waals surface area contributed by atoms with Gasteiger partial charge in [-0.1, -0.05) is 0 Å². The fourth-order valence-electron chi connectivity index (χ4n) is 2.13. The molecular formula is C11H17F3N2O3S.